The standard InChI is InChI=1S/C16H16ClN3/c1-10(2)20-15-5-4-13(17)6-12(15)7-16(20)14-9-18-11(3)8-19-14/h4-10H,1-3H3. The molecule has 1 aromatic carbocycles. The Balaban J connectivity index is 2.28. The molecule has 0 N–H and O–H groups in total. The maximum atomic E-state index is 6.09. The molecule has 0 radical (unpaired) electrons. The summed E-state index contributed by atoms with van der Waals surface area (Å²) >= 11 is 6.09. The summed E-state index contributed by atoms with van der Waals surface area (Å²) in [6, 6.07) is 8.43. The minimum Gasteiger partial charge on any atom is -0.337 e. The van der Waals surface area contributed by atoms with Gasteiger partial charge in [-0.05, 0) is 45.0 Å². The lowest BCUT2D eigenvalue weighted by Gasteiger charge is -2.14. The van der Waals surface area contributed by atoms with Gasteiger partial charge in [0.05, 0.1) is 17.6 Å². The average molecular weight is 286 g/mol. The van der Waals surface area contributed by atoms with E-state index < -0.39 is 0 Å². The fourth-order valence-corrected chi connectivity index (χ4v) is 2.67. The van der Waals surface area contributed by atoms with Crippen LogP contribution in [-0.4, -0.2) is 14.5 Å². The molecule has 4 heteroatoms. The molecule has 3 aromatic rings. The molecule has 0 saturated heterocycles. The summed E-state index contributed by atoms with van der Waals surface area (Å²) in [7, 11) is 0. The van der Waals surface area contributed by atoms with Crippen LogP contribution in [0.1, 0.15) is 25.6 Å². The molecule has 0 aliphatic rings. The van der Waals surface area contributed by atoms with Gasteiger partial charge in [0.15, 0.2) is 0 Å². The predicted octanol–water partition coefficient (Wildman–Crippen LogP) is 4.64. The van der Waals surface area contributed by atoms with Crippen LogP contribution in [0.3, 0.4) is 0 Å². The van der Waals surface area contributed by atoms with Gasteiger partial charge in [-0.15, -0.1) is 0 Å². The summed E-state index contributed by atoms with van der Waals surface area (Å²) in [6.07, 6.45) is 3.62. The summed E-state index contributed by atoms with van der Waals surface area (Å²) in [6.45, 7) is 6.27. The van der Waals surface area contributed by atoms with Crippen molar-refractivity contribution in [3.8, 4) is 11.4 Å². The molecule has 0 aliphatic heterocycles. The first kappa shape index (κ1) is 13.1. The second-order valence-corrected chi connectivity index (χ2v) is 5.68. The van der Waals surface area contributed by atoms with E-state index in [1.165, 1.54) is 5.52 Å². The van der Waals surface area contributed by atoms with E-state index in [1.54, 1.807) is 6.20 Å². The zero-order valence-electron chi connectivity index (χ0n) is 11.8. The Hall–Kier alpha value is -1.87. The predicted molar refractivity (Wildman–Crippen MR) is 83.1 cm³/mol. The summed E-state index contributed by atoms with van der Waals surface area (Å²) < 4.78 is 2.27. The second-order valence-electron chi connectivity index (χ2n) is 5.24. The Morgan fingerprint density at radius 2 is 1.90 bits per heavy atom. The van der Waals surface area contributed by atoms with Crippen LogP contribution in [0.5, 0.6) is 0 Å². The normalized spacial score (nSPS) is 11.4. The first-order valence-electron chi connectivity index (χ1n) is 6.66. The van der Waals surface area contributed by atoms with Crippen LogP contribution in [0, 0.1) is 6.92 Å². The summed E-state index contributed by atoms with van der Waals surface area (Å²) in [5.41, 5.74) is 4.05. The first-order chi connectivity index (χ1) is 9.56. The number of hydrogen-bond donors (Lipinski definition) is 0. The SMILES string of the molecule is Cc1cnc(-c2cc3cc(Cl)ccc3n2C(C)C)cn1. The second kappa shape index (κ2) is 4.91. The van der Waals surface area contributed by atoms with Gasteiger partial charge in [0.25, 0.3) is 0 Å². The molecular weight excluding hydrogens is 270 g/mol. The number of halogens is 1. The highest BCUT2D eigenvalue weighted by Crippen LogP contribution is 2.31. The Morgan fingerprint density at radius 1 is 1.10 bits per heavy atom. The van der Waals surface area contributed by atoms with Gasteiger partial charge in [0, 0.05) is 28.2 Å². The highest BCUT2D eigenvalue weighted by atomic mass is 35.5. The number of aromatic nitrogens is 3. The first-order valence-corrected chi connectivity index (χ1v) is 7.03. The van der Waals surface area contributed by atoms with Gasteiger partial charge in [-0.2, -0.15) is 0 Å². The van der Waals surface area contributed by atoms with Gasteiger partial charge < -0.3 is 4.57 Å². The zero-order chi connectivity index (χ0) is 14.3. The van der Waals surface area contributed by atoms with Gasteiger partial charge in [-0.3, -0.25) is 9.97 Å². The topological polar surface area (TPSA) is 30.7 Å². The van der Waals surface area contributed by atoms with Crippen molar-refractivity contribution in [2.24, 2.45) is 0 Å². The van der Waals surface area contributed by atoms with E-state index in [0.717, 1.165) is 27.5 Å². The summed E-state index contributed by atoms with van der Waals surface area (Å²) in [4.78, 5) is 8.83. The van der Waals surface area contributed by atoms with Crippen molar-refractivity contribution in [3.05, 3.63) is 47.4 Å². The van der Waals surface area contributed by atoms with Crippen LogP contribution in [-0.2, 0) is 0 Å². The van der Waals surface area contributed by atoms with Crippen molar-refractivity contribution >= 4 is 22.5 Å². The summed E-state index contributed by atoms with van der Waals surface area (Å²) in [5, 5.41) is 1.88. The molecule has 3 rings (SSSR count). The third-order valence-corrected chi connectivity index (χ3v) is 3.60. The smallest absolute Gasteiger partial charge is 0.105 e. The van der Waals surface area contributed by atoms with Gasteiger partial charge in [-0.25, -0.2) is 0 Å². The third kappa shape index (κ3) is 2.18. The minimum absolute atomic E-state index is 0.340. The lowest BCUT2D eigenvalue weighted by atomic mass is 10.2. The van der Waals surface area contributed by atoms with Crippen LogP contribution in [0.15, 0.2) is 36.7 Å². The van der Waals surface area contributed by atoms with Crippen molar-refractivity contribution in [1.82, 2.24) is 14.5 Å². The molecule has 0 fully saturated rings. The molecule has 0 unspecified atom stereocenters. The molecule has 0 spiro atoms. The fourth-order valence-electron chi connectivity index (χ4n) is 2.49. The minimum atomic E-state index is 0.340. The van der Waals surface area contributed by atoms with E-state index in [4.69, 9.17) is 11.6 Å². The molecule has 0 atom stereocenters. The molecule has 2 aromatic heterocycles. The van der Waals surface area contributed by atoms with E-state index in [9.17, 15) is 0 Å². The number of aryl methyl sites for hydroxylation is 1. The number of fused-ring (bicyclic) bond motifs is 1. The Morgan fingerprint density at radius 3 is 2.55 bits per heavy atom. The highest BCUT2D eigenvalue weighted by molar-refractivity contribution is 6.31. The van der Waals surface area contributed by atoms with Crippen LogP contribution >= 0.6 is 11.6 Å². The maximum Gasteiger partial charge on any atom is 0.105 e. The van der Waals surface area contributed by atoms with Crippen molar-refractivity contribution in [3.63, 3.8) is 0 Å². The van der Waals surface area contributed by atoms with E-state index in [2.05, 4.69) is 40.5 Å². The van der Waals surface area contributed by atoms with Gasteiger partial charge in [-0.1, -0.05) is 11.6 Å². The largest absolute Gasteiger partial charge is 0.337 e. The Bertz CT molecular complexity index is 757. The monoisotopic (exact) mass is 285 g/mol. The molecule has 0 aliphatic carbocycles. The van der Waals surface area contributed by atoms with Crippen LogP contribution in [0.25, 0.3) is 22.3 Å². The van der Waals surface area contributed by atoms with E-state index >= 15 is 0 Å². The van der Waals surface area contributed by atoms with Crippen LogP contribution in [0.2, 0.25) is 5.02 Å². The third-order valence-electron chi connectivity index (χ3n) is 3.36. The number of nitrogens with zero attached hydrogens (tertiary/aromatic N) is 3. The van der Waals surface area contributed by atoms with Crippen molar-refractivity contribution in [2.75, 3.05) is 0 Å². The number of hydrogen-bond acceptors (Lipinski definition) is 2. The van der Waals surface area contributed by atoms with Crippen molar-refractivity contribution in [2.45, 2.75) is 26.8 Å². The summed E-state index contributed by atoms with van der Waals surface area (Å²) in [5.74, 6) is 0. The molecule has 0 bridgehead atoms. The van der Waals surface area contributed by atoms with E-state index in [1.807, 2.05) is 25.3 Å². The number of rotatable bonds is 2. The van der Waals surface area contributed by atoms with Gasteiger partial charge in [0.2, 0.25) is 0 Å². The zero-order valence-corrected chi connectivity index (χ0v) is 12.5. The van der Waals surface area contributed by atoms with Crippen molar-refractivity contribution < 1.29 is 0 Å². The van der Waals surface area contributed by atoms with Gasteiger partial charge in [0.1, 0.15) is 5.69 Å². The molecule has 0 saturated carbocycles. The molecule has 0 amide bonds. The lowest BCUT2D eigenvalue weighted by Crippen LogP contribution is -2.03. The highest BCUT2D eigenvalue weighted by Gasteiger charge is 2.14. The fraction of sp³-hybridized carbons (Fsp3) is 0.250. The molecule has 20 heavy (non-hydrogen) atoms. The van der Waals surface area contributed by atoms with E-state index in [0.29, 0.717) is 6.04 Å². The van der Waals surface area contributed by atoms with Crippen molar-refractivity contribution in [1.29, 1.82) is 0 Å². The quantitative estimate of drug-likeness (QED) is 0.687. The van der Waals surface area contributed by atoms with E-state index in [-0.39, 0.29) is 0 Å². The number of benzene rings is 1. The van der Waals surface area contributed by atoms with Crippen LogP contribution < -0.4 is 0 Å². The molecular formula is C16H16ClN3. The van der Waals surface area contributed by atoms with Gasteiger partial charge >= 0.3 is 0 Å². The molecule has 3 nitrogen and oxygen atoms in total. The van der Waals surface area contributed by atoms with Crippen LogP contribution in [0.4, 0.5) is 0 Å². The molecule has 2 heterocycles. The Labute approximate surface area is 123 Å². The lowest BCUT2D eigenvalue weighted by molar-refractivity contribution is 0.627. The Kier molecular flexibility index (Phi) is 3.22. The molecule has 102 valence electrons. The average Bonchev–Trinajstić information content (AvgIpc) is 2.77. The maximum absolute atomic E-state index is 6.09.